The molecule has 14 nitrogen and oxygen atoms in total. The van der Waals surface area contributed by atoms with E-state index < -0.39 is 67.4 Å². The number of non-ortho nitro benzene ring substituents is 2. The lowest BCUT2D eigenvalue weighted by molar-refractivity contribution is -0.385. The van der Waals surface area contributed by atoms with Crippen molar-refractivity contribution < 1.29 is 49.5 Å². The van der Waals surface area contributed by atoms with Crippen LogP contribution in [0, 0.1) is 20.2 Å². The van der Waals surface area contributed by atoms with Gasteiger partial charge in [0.1, 0.15) is 0 Å². The van der Waals surface area contributed by atoms with Gasteiger partial charge < -0.3 is 20.4 Å². The lowest BCUT2D eigenvalue weighted by atomic mass is 10.1. The standard InChI is InChI=1S/2C8H5NO6/c2*10-7(11)4-1-5(8(12)13)3-6(2-4)9(14)15/h2*1-3H,(H,10,11)(H,12,13). The second-order valence-corrected chi connectivity index (χ2v) is 5.27. The first-order chi connectivity index (χ1) is 13.8. The molecule has 30 heavy (non-hydrogen) atoms. The van der Waals surface area contributed by atoms with E-state index in [1.54, 1.807) is 0 Å². The number of benzene rings is 2. The fraction of sp³-hybridized carbons (Fsp3) is 0. The average molecular weight is 422 g/mol. The smallest absolute Gasteiger partial charge is 0.335 e. The molecule has 0 aromatic heterocycles. The summed E-state index contributed by atoms with van der Waals surface area (Å²) in [4.78, 5) is 61.2. The molecule has 0 fully saturated rings. The maximum absolute atomic E-state index is 10.5. The van der Waals surface area contributed by atoms with E-state index in [1.807, 2.05) is 0 Å². The van der Waals surface area contributed by atoms with Gasteiger partial charge in [0, 0.05) is 24.3 Å². The predicted molar refractivity (Wildman–Crippen MR) is 94.0 cm³/mol. The lowest BCUT2D eigenvalue weighted by Gasteiger charge is -1.98. The van der Waals surface area contributed by atoms with Crippen molar-refractivity contribution in [1.82, 2.24) is 0 Å². The molecule has 0 heterocycles. The topological polar surface area (TPSA) is 235 Å². The predicted octanol–water partition coefficient (Wildman–Crippen LogP) is 1.98. The van der Waals surface area contributed by atoms with Crippen LogP contribution in [0.3, 0.4) is 0 Å². The molecule has 0 aliphatic heterocycles. The first-order valence-corrected chi connectivity index (χ1v) is 7.35. The van der Waals surface area contributed by atoms with E-state index >= 15 is 0 Å². The Bertz CT molecular complexity index is 832. The molecule has 0 atom stereocenters. The van der Waals surface area contributed by atoms with Gasteiger partial charge in [0.25, 0.3) is 11.4 Å². The Morgan fingerprint density at radius 3 is 0.867 bits per heavy atom. The summed E-state index contributed by atoms with van der Waals surface area (Å²) in [5.74, 6) is -5.66. The Labute approximate surface area is 164 Å². The van der Waals surface area contributed by atoms with Crippen LogP contribution in [-0.4, -0.2) is 54.1 Å². The maximum Gasteiger partial charge on any atom is 0.335 e. The molecule has 2 rings (SSSR count). The van der Waals surface area contributed by atoms with Gasteiger partial charge in [-0.25, -0.2) is 19.2 Å². The van der Waals surface area contributed by atoms with Crippen LogP contribution < -0.4 is 0 Å². The second kappa shape index (κ2) is 9.36. The summed E-state index contributed by atoms with van der Waals surface area (Å²) in [5, 5.41) is 55.1. The zero-order valence-corrected chi connectivity index (χ0v) is 14.4. The van der Waals surface area contributed by atoms with Gasteiger partial charge in [-0.15, -0.1) is 0 Å². The summed E-state index contributed by atoms with van der Waals surface area (Å²) in [6, 6.07) is 4.92. The molecule has 2 aromatic rings. The molecule has 4 N–H and O–H groups in total. The van der Waals surface area contributed by atoms with Gasteiger partial charge in [-0.1, -0.05) is 0 Å². The van der Waals surface area contributed by atoms with Crippen molar-refractivity contribution in [2.75, 3.05) is 0 Å². The Hall–Kier alpha value is -4.88. The molecule has 0 amide bonds. The molecule has 156 valence electrons. The fourth-order valence-corrected chi connectivity index (χ4v) is 1.93. The van der Waals surface area contributed by atoms with E-state index in [4.69, 9.17) is 20.4 Å². The van der Waals surface area contributed by atoms with Crippen molar-refractivity contribution in [3.8, 4) is 0 Å². The molecular formula is C16H10N2O12. The molecular weight excluding hydrogens is 412 g/mol. The van der Waals surface area contributed by atoms with E-state index in [-0.39, 0.29) is 0 Å². The monoisotopic (exact) mass is 422 g/mol. The van der Waals surface area contributed by atoms with E-state index in [0.717, 1.165) is 36.4 Å². The van der Waals surface area contributed by atoms with Crippen LogP contribution in [-0.2, 0) is 0 Å². The van der Waals surface area contributed by atoms with Crippen LogP contribution in [0.2, 0.25) is 0 Å². The highest BCUT2D eigenvalue weighted by Gasteiger charge is 2.17. The summed E-state index contributed by atoms with van der Waals surface area (Å²) in [7, 11) is 0. The van der Waals surface area contributed by atoms with E-state index in [2.05, 4.69) is 0 Å². The van der Waals surface area contributed by atoms with Crippen molar-refractivity contribution in [3.05, 3.63) is 78.9 Å². The average Bonchev–Trinajstić information content (AvgIpc) is 2.67. The number of aromatic carboxylic acids is 4. The van der Waals surface area contributed by atoms with Gasteiger partial charge in [-0.05, 0) is 12.1 Å². The Morgan fingerprint density at radius 1 is 0.533 bits per heavy atom. The number of nitrogens with zero attached hydrogens (tertiary/aromatic N) is 2. The minimum absolute atomic E-state index is 0.429. The van der Waals surface area contributed by atoms with Crippen LogP contribution in [0.5, 0.6) is 0 Å². The summed E-state index contributed by atoms with van der Waals surface area (Å²) in [6.07, 6.45) is 0. The third-order valence-electron chi connectivity index (χ3n) is 3.24. The molecule has 0 saturated heterocycles. The summed E-state index contributed by atoms with van der Waals surface area (Å²) in [6.45, 7) is 0. The number of hydrogen-bond donors (Lipinski definition) is 4. The van der Waals surface area contributed by atoms with Gasteiger partial charge in [-0.3, -0.25) is 20.2 Å². The van der Waals surface area contributed by atoms with Gasteiger partial charge in [-0.2, -0.15) is 0 Å². The third-order valence-corrected chi connectivity index (χ3v) is 3.24. The molecule has 14 heteroatoms. The first-order valence-electron chi connectivity index (χ1n) is 7.35. The number of carbonyl (C=O) groups is 4. The van der Waals surface area contributed by atoms with Crippen molar-refractivity contribution in [2.45, 2.75) is 0 Å². The van der Waals surface area contributed by atoms with Crippen LogP contribution in [0.25, 0.3) is 0 Å². The quantitative estimate of drug-likeness (QED) is 0.386. The number of nitro groups is 2. The zero-order valence-electron chi connectivity index (χ0n) is 14.4. The molecule has 0 unspecified atom stereocenters. The normalized spacial score (nSPS) is 9.60. The van der Waals surface area contributed by atoms with Crippen molar-refractivity contribution in [3.63, 3.8) is 0 Å². The molecule has 0 aliphatic carbocycles. The highest BCUT2D eigenvalue weighted by molar-refractivity contribution is 5.95. The van der Waals surface area contributed by atoms with Crippen molar-refractivity contribution in [1.29, 1.82) is 0 Å². The number of carboxylic acids is 4. The Kier molecular flexibility index (Phi) is 7.22. The van der Waals surface area contributed by atoms with E-state index in [9.17, 15) is 39.4 Å². The minimum Gasteiger partial charge on any atom is -0.478 e. The van der Waals surface area contributed by atoms with Gasteiger partial charge >= 0.3 is 23.9 Å². The van der Waals surface area contributed by atoms with Crippen molar-refractivity contribution >= 4 is 35.3 Å². The molecule has 0 saturated carbocycles. The molecule has 0 bridgehead atoms. The summed E-state index contributed by atoms with van der Waals surface area (Å²) >= 11 is 0. The fourth-order valence-electron chi connectivity index (χ4n) is 1.93. The van der Waals surface area contributed by atoms with Crippen molar-refractivity contribution in [2.24, 2.45) is 0 Å². The Morgan fingerprint density at radius 2 is 0.733 bits per heavy atom. The van der Waals surface area contributed by atoms with Gasteiger partial charge in [0.05, 0.1) is 32.1 Å². The van der Waals surface area contributed by atoms with E-state index in [1.165, 1.54) is 0 Å². The van der Waals surface area contributed by atoms with E-state index in [0.29, 0.717) is 0 Å². The number of nitro benzene ring substituents is 2. The van der Waals surface area contributed by atoms with Crippen LogP contribution >= 0.6 is 0 Å². The number of carboxylic acid groups (broad SMARTS) is 4. The number of rotatable bonds is 6. The maximum atomic E-state index is 10.5. The minimum atomic E-state index is -1.42. The lowest BCUT2D eigenvalue weighted by Crippen LogP contribution is -2.04. The van der Waals surface area contributed by atoms with Gasteiger partial charge in [0.15, 0.2) is 0 Å². The van der Waals surface area contributed by atoms with Gasteiger partial charge in [0.2, 0.25) is 0 Å². The zero-order chi connectivity index (χ0) is 23.2. The first kappa shape index (κ1) is 23.2. The SMILES string of the molecule is O=C(O)c1cc(C(=O)O)cc([N+](=O)[O-])c1.O=C(O)c1cc(C(=O)O)cc([N+](=O)[O-])c1. The molecule has 0 aliphatic rings. The number of hydrogen-bond acceptors (Lipinski definition) is 8. The molecule has 0 spiro atoms. The highest BCUT2D eigenvalue weighted by Crippen LogP contribution is 2.18. The second-order valence-electron chi connectivity index (χ2n) is 5.27. The Balaban J connectivity index is 0.000000300. The largest absolute Gasteiger partial charge is 0.478 e. The van der Waals surface area contributed by atoms with Crippen LogP contribution in [0.15, 0.2) is 36.4 Å². The highest BCUT2D eigenvalue weighted by atomic mass is 16.6. The molecule has 2 aromatic carbocycles. The summed E-state index contributed by atoms with van der Waals surface area (Å²) in [5.41, 5.74) is -2.84. The third kappa shape index (κ3) is 6.08. The van der Waals surface area contributed by atoms with Crippen LogP contribution in [0.1, 0.15) is 41.4 Å². The molecule has 0 radical (unpaired) electrons. The summed E-state index contributed by atoms with van der Waals surface area (Å²) < 4.78 is 0. The van der Waals surface area contributed by atoms with Crippen LogP contribution in [0.4, 0.5) is 11.4 Å².